The molecule has 1 aromatic heterocycles. The zero-order valence-corrected chi connectivity index (χ0v) is 14.6. The van der Waals surface area contributed by atoms with Gasteiger partial charge in [0.15, 0.2) is 0 Å². The third-order valence-electron chi connectivity index (χ3n) is 2.22. The van der Waals surface area contributed by atoms with E-state index in [1.165, 1.54) is 0 Å². The van der Waals surface area contributed by atoms with Crippen molar-refractivity contribution in [2.75, 3.05) is 0 Å². The Balaban J connectivity index is 2.05. The molecular weight excluding hydrogens is 446 g/mol. The first-order valence-electron chi connectivity index (χ1n) is 5.02. The van der Waals surface area contributed by atoms with Crippen LogP contribution in [0.15, 0.2) is 43.1 Å². The van der Waals surface area contributed by atoms with Gasteiger partial charge in [0.1, 0.15) is 0 Å². The second kappa shape index (κ2) is 6.32. The summed E-state index contributed by atoms with van der Waals surface area (Å²) in [6.07, 6.45) is 0. The smallest absolute Gasteiger partial charge is 0.252 e. The van der Waals surface area contributed by atoms with Crippen molar-refractivity contribution in [3.05, 3.63) is 53.5 Å². The second-order valence-corrected chi connectivity index (χ2v) is 7.22. The lowest BCUT2D eigenvalue weighted by Crippen LogP contribution is -2.22. The van der Waals surface area contributed by atoms with Gasteiger partial charge < -0.3 is 5.32 Å². The number of carbonyl (C=O) groups is 1. The summed E-state index contributed by atoms with van der Waals surface area (Å²) in [6, 6.07) is 7.53. The molecule has 1 N–H and O–H groups in total. The Labute approximate surface area is 134 Å². The first kappa shape index (κ1) is 14.2. The lowest BCUT2D eigenvalue weighted by molar-refractivity contribution is 0.0950. The van der Waals surface area contributed by atoms with Crippen LogP contribution in [-0.4, -0.2) is 5.91 Å². The largest absolute Gasteiger partial charge is 0.347 e. The van der Waals surface area contributed by atoms with Crippen LogP contribution in [0.3, 0.4) is 0 Å². The van der Waals surface area contributed by atoms with E-state index in [1.807, 2.05) is 23.6 Å². The number of rotatable bonds is 3. The van der Waals surface area contributed by atoms with Gasteiger partial charge in [0.2, 0.25) is 0 Å². The van der Waals surface area contributed by atoms with E-state index in [-0.39, 0.29) is 5.91 Å². The van der Waals surface area contributed by atoms with Crippen LogP contribution in [-0.2, 0) is 6.54 Å². The molecule has 0 aliphatic heterocycles. The number of benzene rings is 1. The predicted octanol–water partition coefficient (Wildman–Crippen LogP) is 4.97. The zero-order chi connectivity index (χ0) is 13.1. The quantitative estimate of drug-likeness (QED) is 0.698. The molecule has 94 valence electrons. The molecule has 1 amide bonds. The third-order valence-corrected chi connectivity index (χ3v) is 5.10. The van der Waals surface area contributed by atoms with E-state index in [1.54, 1.807) is 17.4 Å². The molecule has 6 heteroatoms. The van der Waals surface area contributed by atoms with Gasteiger partial charge in [-0.25, -0.2) is 0 Å². The number of halogens is 3. The van der Waals surface area contributed by atoms with Crippen LogP contribution < -0.4 is 5.32 Å². The van der Waals surface area contributed by atoms with Crippen molar-refractivity contribution in [3.8, 4) is 0 Å². The molecule has 0 bridgehead atoms. The number of hydrogen-bond donors (Lipinski definition) is 1. The van der Waals surface area contributed by atoms with Crippen molar-refractivity contribution in [3.63, 3.8) is 0 Å². The van der Waals surface area contributed by atoms with Gasteiger partial charge in [-0.05, 0) is 56.1 Å². The number of hydrogen-bond acceptors (Lipinski definition) is 2. The highest BCUT2D eigenvalue weighted by Crippen LogP contribution is 2.22. The molecule has 0 atom stereocenters. The van der Waals surface area contributed by atoms with Gasteiger partial charge in [-0.1, -0.05) is 15.9 Å². The maximum absolute atomic E-state index is 12.0. The summed E-state index contributed by atoms with van der Waals surface area (Å²) in [7, 11) is 0. The highest BCUT2D eigenvalue weighted by atomic mass is 79.9. The van der Waals surface area contributed by atoms with Gasteiger partial charge >= 0.3 is 0 Å². The summed E-state index contributed by atoms with van der Waals surface area (Å²) in [4.78, 5) is 13.1. The van der Waals surface area contributed by atoms with Crippen LogP contribution in [0.5, 0.6) is 0 Å². The third kappa shape index (κ3) is 3.66. The van der Waals surface area contributed by atoms with E-state index < -0.39 is 0 Å². The minimum Gasteiger partial charge on any atom is -0.347 e. The first-order chi connectivity index (χ1) is 8.56. The molecular formula is C12H8Br3NOS. The number of carbonyl (C=O) groups excluding carboxylic acids is 1. The molecule has 0 spiro atoms. The van der Waals surface area contributed by atoms with E-state index in [9.17, 15) is 4.79 Å². The molecule has 0 fully saturated rings. The van der Waals surface area contributed by atoms with E-state index >= 15 is 0 Å². The SMILES string of the molecule is O=C(NCc1cc(Br)cs1)c1cc(Br)ccc1Br. The van der Waals surface area contributed by atoms with Gasteiger partial charge in [0.05, 0.1) is 12.1 Å². The van der Waals surface area contributed by atoms with E-state index in [2.05, 4.69) is 53.1 Å². The summed E-state index contributed by atoms with van der Waals surface area (Å²) in [6.45, 7) is 0.536. The zero-order valence-electron chi connectivity index (χ0n) is 9.04. The Kier molecular flexibility index (Phi) is 5.00. The van der Waals surface area contributed by atoms with Crippen LogP contribution in [0.1, 0.15) is 15.2 Å². The molecule has 1 aromatic carbocycles. The highest BCUT2D eigenvalue weighted by molar-refractivity contribution is 9.11. The van der Waals surface area contributed by atoms with Crippen molar-refractivity contribution in [2.45, 2.75) is 6.54 Å². The van der Waals surface area contributed by atoms with Crippen LogP contribution in [0.25, 0.3) is 0 Å². The number of thiophene rings is 1. The molecule has 0 saturated heterocycles. The van der Waals surface area contributed by atoms with E-state index in [0.717, 1.165) is 18.3 Å². The number of nitrogens with one attached hydrogen (secondary N) is 1. The fourth-order valence-electron chi connectivity index (χ4n) is 1.38. The maximum atomic E-state index is 12.0. The Hall–Kier alpha value is -0.170. The van der Waals surface area contributed by atoms with Gasteiger partial charge in [-0.15, -0.1) is 11.3 Å². The summed E-state index contributed by atoms with van der Waals surface area (Å²) < 4.78 is 2.71. The standard InChI is InChI=1S/C12H8Br3NOS/c13-7-1-2-11(15)10(4-7)12(17)16-5-9-3-8(14)6-18-9/h1-4,6H,5H2,(H,16,17). The van der Waals surface area contributed by atoms with Gasteiger partial charge in [0, 0.05) is 23.7 Å². The fraction of sp³-hybridized carbons (Fsp3) is 0.0833. The lowest BCUT2D eigenvalue weighted by Gasteiger charge is -2.06. The Bertz CT molecular complexity index is 582. The molecule has 0 saturated carbocycles. The average Bonchev–Trinajstić information content (AvgIpc) is 2.75. The molecule has 0 aliphatic rings. The normalized spacial score (nSPS) is 10.4. The summed E-state index contributed by atoms with van der Waals surface area (Å²) >= 11 is 11.7. The average molecular weight is 454 g/mol. The molecule has 2 rings (SSSR count). The van der Waals surface area contributed by atoms with E-state index in [4.69, 9.17) is 0 Å². The monoisotopic (exact) mass is 451 g/mol. The first-order valence-corrected chi connectivity index (χ1v) is 8.28. The summed E-state index contributed by atoms with van der Waals surface area (Å²) in [5.74, 6) is -0.0901. The van der Waals surface area contributed by atoms with E-state index in [0.29, 0.717) is 12.1 Å². The Morgan fingerprint density at radius 1 is 1.17 bits per heavy atom. The van der Waals surface area contributed by atoms with Crippen LogP contribution >= 0.6 is 59.1 Å². The minimum atomic E-state index is -0.0901. The molecule has 2 nitrogen and oxygen atoms in total. The molecule has 2 aromatic rings. The molecule has 0 radical (unpaired) electrons. The van der Waals surface area contributed by atoms with Crippen molar-refractivity contribution in [1.82, 2.24) is 5.32 Å². The molecule has 1 heterocycles. The topological polar surface area (TPSA) is 29.1 Å². The summed E-state index contributed by atoms with van der Waals surface area (Å²) in [5.41, 5.74) is 0.625. The fourth-order valence-corrected chi connectivity index (χ4v) is 3.56. The minimum absolute atomic E-state index is 0.0901. The second-order valence-electron chi connectivity index (χ2n) is 3.54. The summed E-state index contributed by atoms with van der Waals surface area (Å²) in [5, 5.41) is 4.89. The van der Waals surface area contributed by atoms with Crippen molar-refractivity contribution >= 4 is 65.0 Å². The lowest BCUT2D eigenvalue weighted by atomic mass is 10.2. The van der Waals surface area contributed by atoms with Crippen LogP contribution in [0, 0.1) is 0 Å². The molecule has 18 heavy (non-hydrogen) atoms. The predicted molar refractivity (Wildman–Crippen MR) is 85.0 cm³/mol. The van der Waals surface area contributed by atoms with Crippen molar-refractivity contribution < 1.29 is 4.79 Å². The van der Waals surface area contributed by atoms with Gasteiger partial charge in [-0.2, -0.15) is 0 Å². The van der Waals surface area contributed by atoms with Crippen LogP contribution in [0.4, 0.5) is 0 Å². The Morgan fingerprint density at radius 3 is 2.61 bits per heavy atom. The molecule has 0 unspecified atom stereocenters. The molecule has 0 aliphatic carbocycles. The Morgan fingerprint density at radius 2 is 1.94 bits per heavy atom. The van der Waals surface area contributed by atoms with Crippen LogP contribution in [0.2, 0.25) is 0 Å². The highest BCUT2D eigenvalue weighted by Gasteiger charge is 2.10. The van der Waals surface area contributed by atoms with Crippen molar-refractivity contribution in [1.29, 1.82) is 0 Å². The van der Waals surface area contributed by atoms with Crippen molar-refractivity contribution in [2.24, 2.45) is 0 Å². The number of amides is 1. The van der Waals surface area contributed by atoms with Gasteiger partial charge in [-0.3, -0.25) is 4.79 Å². The van der Waals surface area contributed by atoms with Gasteiger partial charge in [0.25, 0.3) is 5.91 Å². The maximum Gasteiger partial charge on any atom is 0.252 e.